The van der Waals surface area contributed by atoms with Gasteiger partial charge in [-0.3, -0.25) is 9.48 Å². The van der Waals surface area contributed by atoms with Crippen LogP contribution in [0.15, 0.2) is 12.4 Å². The van der Waals surface area contributed by atoms with Gasteiger partial charge in [0.1, 0.15) is 0 Å². The number of hydrogen-bond acceptors (Lipinski definition) is 2. The van der Waals surface area contributed by atoms with Crippen molar-refractivity contribution in [3.8, 4) is 0 Å². The Bertz CT molecular complexity index is 333. The summed E-state index contributed by atoms with van der Waals surface area (Å²) in [7, 11) is 1.79. The van der Waals surface area contributed by atoms with Crippen LogP contribution in [0.3, 0.4) is 0 Å². The molecule has 0 radical (unpaired) electrons. The van der Waals surface area contributed by atoms with Crippen LogP contribution in [0, 0.1) is 5.41 Å². The molecule has 4 nitrogen and oxygen atoms in total. The number of alkyl halides is 1. The molecule has 0 aromatic carbocycles. The van der Waals surface area contributed by atoms with Crippen molar-refractivity contribution < 1.29 is 4.79 Å². The van der Waals surface area contributed by atoms with E-state index in [0.717, 1.165) is 0 Å². The average molecular weight is 216 g/mol. The Balaban J connectivity index is 2.66. The van der Waals surface area contributed by atoms with Crippen LogP contribution in [0.5, 0.6) is 0 Å². The normalized spacial score (nSPS) is 11.4. The maximum Gasteiger partial charge on any atom is 0.231 e. The number of aromatic nitrogens is 2. The Kier molecular flexibility index (Phi) is 3.16. The fraction of sp³-hybridized carbons (Fsp3) is 0.556. The molecule has 0 atom stereocenters. The number of halogens is 1. The average Bonchev–Trinajstić information content (AvgIpc) is 2.51. The molecule has 78 valence electrons. The highest BCUT2D eigenvalue weighted by atomic mass is 35.5. The zero-order valence-electron chi connectivity index (χ0n) is 8.54. The highest BCUT2D eigenvalue weighted by molar-refractivity contribution is 6.20. The standard InChI is InChI=1S/C9H14ClN3O/c1-9(2,6-10)8(14)12-7-4-11-13(3)5-7/h4-5H,6H2,1-3H3,(H,12,14). The van der Waals surface area contributed by atoms with Gasteiger partial charge in [-0.15, -0.1) is 11.6 Å². The summed E-state index contributed by atoms with van der Waals surface area (Å²) in [5.74, 6) is 0.194. The number of nitrogens with one attached hydrogen (secondary N) is 1. The lowest BCUT2D eigenvalue weighted by Gasteiger charge is -2.19. The first-order chi connectivity index (χ1) is 6.45. The zero-order chi connectivity index (χ0) is 10.8. The van der Waals surface area contributed by atoms with Crippen LogP contribution in [0.25, 0.3) is 0 Å². The van der Waals surface area contributed by atoms with Gasteiger partial charge in [0.05, 0.1) is 17.3 Å². The number of carbonyl (C=O) groups is 1. The van der Waals surface area contributed by atoms with Crippen molar-refractivity contribution in [1.82, 2.24) is 9.78 Å². The van der Waals surface area contributed by atoms with Gasteiger partial charge in [-0.25, -0.2) is 0 Å². The maximum absolute atomic E-state index is 11.6. The van der Waals surface area contributed by atoms with E-state index in [-0.39, 0.29) is 5.91 Å². The fourth-order valence-electron chi connectivity index (χ4n) is 0.847. The van der Waals surface area contributed by atoms with Gasteiger partial charge in [-0.05, 0) is 13.8 Å². The highest BCUT2D eigenvalue weighted by Gasteiger charge is 2.26. The minimum atomic E-state index is -0.558. The monoisotopic (exact) mass is 215 g/mol. The van der Waals surface area contributed by atoms with E-state index in [2.05, 4.69) is 10.4 Å². The van der Waals surface area contributed by atoms with Crippen LogP contribution in [-0.4, -0.2) is 21.6 Å². The second kappa shape index (κ2) is 4.00. The number of anilines is 1. The number of hydrogen-bond donors (Lipinski definition) is 1. The molecular weight excluding hydrogens is 202 g/mol. The van der Waals surface area contributed by atoms with E-state index in [1.165, 1.54) is 0 Å². The molecule has 0 bridgehead atoms. The first kappa shape index (κ1) is 11.0. The van der Waals surface area contributed by atoms with Gasteiger partial charge < -0.3 is 5.32 Å². The van der Waals surface area contributed by atoms with Crippen molar-refractivity contribution in [3.63, 3.8) is 0 Å². The quantitative estimate of drug-likeness (QED) is 0.779. The van der Waals surface area contributed by atoms with Gasteiger partial charge in [-0.2, -0.15) is 5.10 Å². The molecule has 0 saturated heterocycles. The number of rotatable bonds is 3. The van der Waals surface area contributed by atoms with Crippen molar-refractivity contribution in [1.29, 1.82) is 0 Å². The highest BCUT2D eigenvalue weighted by Crippen LogP contribution is 2.19. The molecule has 0 aliphatic heterocycles. The summed E-state index contributed by atoms with van der Waals surface area (Å²) in [6, 6.07) is 0. The Morgan fingerprint density at radius 1 is 1.71 bits per heavy atom. The van der Waals surface area contributed by atoms with Crippen LogP contribution in [0.1, 0.15) is 13.8 Å². The number of aryl methyl sites for hydroxylation is 1. The second-order valence-electron chi connectivity index (χ2n) is 3.87. The Hall–Kier alpha value is -1.03. The third-order valence-corrected chi connectivity index (χ3v) is 2.58. The number of carbonyl (C=O) groups excluding carboxylic acids is 1. The molecule has 1 aromatic heterocycles. The minimum absolute atomic E-state index is 0.0968. The van der Waals surface area contributed by atoms with Crippen molar-refractivity contribution in [2.45, 2.75) is 13.8 Å². The SMILES string of the molecule is Cn1cc(NC(=O)C(C)(C)CCl)cn1. The van der Waals surface area contributed by atoms with Crippen molar-refractivity contribution in [2.75, 3.05) is 11.2 Å². The lowest BCUT2D eigenvalue weighted by atomic mass is 9.95. The molecule has 1 rings (SSSR count). The molecule has 1 N–H and O–H groups in total. The maximum atomic E-state index is 11.6. The van der Waals surface area contributed by atoms with Crippen LogP contribution < -0.4 is 5.32 Å². The van der Waals surface area contributed by atoms with E-state index in [0.29, 0.717) is 11.6 Å². The summed E-state index contributed by atoms with van der Waals surface area (Å²) in [6.45, 7) is 3.59. The van der Waals surface area contributed by atoms with Gasteiger partial charge in [0, 0.05) is 19.1 Å². The predicted molar refractivity (Wildman–Crippen MR) is 56.3 cm³/mol. The van der Waals surface area contributed by atoms with E-state index in [1.54, 1.807) is 38.0 Å². The minimum Gasteiger partial charge on any atom is -0.323 e. The summed E-state index contributed by atoms with van der Waals surface area (Å²) >= 11 is 5.68. The van der Waals surface area contributed by atoms with E-state index in [4.69, 9.17) is 11.6 Å². The molecule has 1 aromatic rings. The smallest absolute Gasteiger partial charge is 0.231 e. The molecule has 0 saturated carbocycles. The summed E-state index contributed by atoms with van der Waals surface area (Å²) in [5, 5.41) is 6.69. The van der Waals surface area contributed by atoms with Gasteiger partial charge in [0.2, 0.25) is 5.91 Å². The Morgan fingerprint density at radius 3 is 2.79 bits per heavy atom. The molecule has 0 aliphatic rings. The van der Waals surface area contributed by atoms with E-state index >= 15 is 0 Å². The lowest BCUT2D eigenvalue weighted by molar-refractivity contribution is -0.122. The molecule has 0 aliphatic carbocycles. The van der Waals surface area contributed by atoms with Crippen LogP contribution in [-0.2, 0) is 11.8 Å². The van der Waals surface area contributed by atoms with Gasteiger partial charge >= 0.3 is 0 Å². The lowest BCUT2D eigenvalue weighted by Crippen LogP contribution is -2.32. The van der Waals surface area contributed by atoms with Crippen molar-refractivity contribution in [2.24, 2.45) is 12.5 Å². The molecule has 5 heteroatoms. The first-order valence-electron chi connectivity index (χ1n) is 4.32. The number of nitrogens with zero attached hydrogens (tertiary/aromatic N) is 2. The van der Waals surface area contributed by atoms with E-state index in [1.807, 2.05) is 0 Å². The third-order valence-electron chi connectivity index (χ3n) is 1.91. The summed E-state index contributed by atoms with van der Waals surface area (Å²) in [4.78, 5) is 11.6. The molecule has 0 unspecified atom stereocenters. The summed E-state index contributed by atoms with van der Waals surface area (Å²) < 4.78 is 1.63. The Morgan fingerprint density at radius 2 is 2.36 bits per heavy atom. The van der Waals surface area contributed by atoms with Crippen LogP contribution in [0.2, 0.25) is 0 Å². The predicted octanol–water partition coefficient (Wildman–Crippen LogP) is 1.62. The fourth-order valence-corrected chi connectivity index (χ4v) is 0.968. The van der Waals surface area contributed by atoms with Crippen LogP contribution in [0.4, 0.5) is 5.69 Å². The topological polar surface area (TPSA) is 46.9 Å². The summed E-state index contributed by atoms with van der Waals surface area (Å²) in [6.07, 6.45) is 3.34. The van der Waals surface area contributed by atoms with Gasteiger partial charge in [0.15, 0.2) is 0 Å². The Labute approximate surface area is 88.2 Å². The summed E-state index contributed by atoms with van der Waals surface area (Å²) in [5.41, 5.74) is 0.132. The van der Waals surface area contributed by atoms with E-state index < -0.39 is 5.41 Å². The second-order valence-corrected chi connectivity index (χ2v) is 4.14. The third kappa shape index (κ3) is 2.48. The molecule has 1 heterocycles. The van der Waals surface area contributed by atoms with Gasteiger partial charge in [0.25, 0.3) is 0 Å². The molecule has 0 fully saturated rings. The van der Waals surface area contributed by atoms with Crippen LogP contribution >= 0.6 is 11.6 Å². The zero-order valence-corrected chi connectivity index (χ0v) is 9.30. The van der Waals surface area contributed by atoms with E-state index in [9.17, 15) is 4.79 Å². The number of amides is 1. The van der Waals surface area contributed by atoms with Gasteiger partial charge in [-0.1, -0.05) is 0 Å². The van der Waals surface area contributed by atoms with Crippen molar-refractivity contribution >= 4 is 23.2 Å². The molecule has 14 heavy (non-hydrogen) atoms. The largest absolute Gasteiger partial charge is 0.323 e. The van der Waals surface area contributed by atoms with Crippen molar-refractivity contribution in [3.05, 3.63) is 12.4 Å². The molecule has 0 spiro atoms. The molecular formula is C9H14ClN3O. The first-order valence-corrected chi connectivity index (χ1v) is 4.85. The molecule has 1 amide bonds.